The van der Waals surface area contributed by atoms with E-state index in [9.17, 15) is 10.2 Å². The number of benzene rings is 1. The Balaban J connectivity index is 1.39. The van der Waals surface area contributed by atoms with Gasteiger partial charge in [-0.05, 0) is 90.3 Å². The molecule has 0 heterocycles. The highest BCUT2D eigenvalue weighted by molar-refractivity contribution is 5.22. The largest absolute Gasteiger partial charge is 0.491 e. The molecule has 0 saturated heterocycles. The number of hydrogen-bond acceptors (Lipinski definition) is 4. The van der Waals surface area contributed by atoms with Crippen LogP contribution in [-0.4, -0.2) is 52.6 Å². The molecule has 1 aromatic carbocycles. The van der Waals surface area contributed by atoms with Crippen molar-refractivity contribution in [2.75, 3.05) is 13.2 Å². The van der Waals surface area contributed by atoms with E-state index in [0.717, 1.165) is 18.6 Å². The van der Waals surface area contributed by atoms with Gasteiger partial charge in [-0.25, -0.2) is 0 Å². The van der Waals surface area contributed by atoms with Gasteiger partial charge in [0.1, 0.15) is 18.5 Å². The van der Waals surface area contributed by atoms with E-state index in [-0.39, 0.29) is 18.6 Å². The van der Waals surface area contributed by atoms with Gasteiger partial charge in [0.05, 0.1) is 6.10 Å². The first kappa shape index (κ1) is 26.0. The van der Waals surface area contributed by atoms with Crippen LogP contribution < -0.4 is 4.74 Å². The van der Waals surface area contributed by atoms with Crippen molar-refractivity contribution in [3.63, 3.8) is 0 Å². The Bertz CT molecular complexity index is 749. The number of unbranched alkanes of at least 4 members (excludes halogenated alkanes) is 2. The topological polar surface area (TPSA) is 52.9 Å². The summed E-state index contributed by atoms with van der Waals surface area (Å²) in [7, 11) is 0. The lowest BCUT2D eigenvalue weighted by Crippen LogP contribution is -2.37. The van der Waals surface area contributed by atoms with Crippen LogP contribution in [0.2, 0.25) is 0 Å². The molecule has 1 aromatic rings. The van der Waals surface area contributed by atoms with E-state index < -0.39 is 6.10 Å². The lowest BCUT2D eigenvalue weighted by Gasteiger charge is -2.30. The molecular formula is C29H45NO3. The molecule has 0 bridgehead atoms. The first-order valence-corrected chi connectivity index (χ1v) is 13.0. The zero-order chi connectivity index (χ0) is 23.8. The van der Waals surface area contributed by atoms with Crippen LogP contribution in [0, 0.1) is 17.8 Å². The number of fused-ring (bicyclic) bond motifs is 1. The summed E-state index contributed by atoms with van der Waals surface area (Å²) in [5.41, 5.74) is 1.58. The van der Waals surface area contributed by atoms with E-state index in [0.29, 0.717) is 23.9 Å². The highest BCUT2D eigenvalue weighted by Gasteiger charge is 2.43. The SMILES string of the molecule is CC(C)N(CCCCCC1=C[C@H]2C[C@@H](O)[C@H](C=C[C@@H](O)COc3ccccc3)[C@H]2C1)C(C)C. The lowest BCUT2D eigenvalue weighted by atomic mass is 9.88. The van der Waals surface area contributed by atoms with E-state index >= 15 is 0 Å². The number of rotatable bonds is 13. The molecule has 4 heteroatoms. The van der Waals surface area contributed by atoms with Crippen LogP contribution >= 0.6 is 0 Å². The summed E-state index contributed by atoms with van der Waals surface area (Å²) in [5, 5.41) is 20.9. The molecule has 2 N–H and O–H groups in total. The lowest BCUT2D eigenvalue weighted by molar-refractivity contribution is 0.133. The zero-order valence-electron chi connectivity index (χ0n) is 21.1. The molecule has 2 aliphatic carbocycles. The minimum atomic E-state index is -0.665. The smallest absolute Gasteiger partial charge is 0.119 e. The van der Waals surface area contributed by atoms with Gasteiger partial charge >= 0.3 is 0 Å². The predicted octanol–water partition coefficient (Wildman–Crippen LogP) is 5.61. The molecule has 0 unspecified atom stereocenters. The second kappa shape index (κ2) is 12.7. The van der Waals surface area contributed by atoms with Gasteiger partial charge in [0.15, 0.2) is 0 Å². The summed E-state index contributed by atoms with van der Waals surface area (Å²) in [6, 6.07) is 10.8. The Hall–Kier alpha value is -1.62. The molecule has 3 rings (SSSR count). The molecule has 0 amide bonds. The molecule has 1 fully saturated rings. The fourth-order valence-corrected chi connectivity index (χ4v) is 5.74. The molecule has 5 atom stereocenters. The maximum absolute atomic E-state index is 10.6. The summed E-state index contributed by atoms with van der Waals surface area (Å²) in [6.07, 6.45) is 12.3. The van der Waals surface area contributed by atoms with E-state index in [2.05, 4.69) is 38.7 Å². The Morgan fingerprint density at radius 1 is 1.06 bits per heavy atom. The number of aliphatic hydroxyl groups excluding tert-OH is 2. The number of para-hydroxylation sites is 1. The predicted molar refractivity (Wildman–Crippen MR) is 136 cm³/mol. The van der Waals surface area contributed by atoms with Crippen molar-refractivity contribution in [1.29, 1.82) is 0 Å². The van der Waals surface area contributed by atoms with Gasteiger partial charge in [0, 0.05) is 18.0 Å². The average molecular weight is 456 g/mol. The van der Waals surface area contributed by atoms with Crippen LogP contribution in [0.4, 0.5) is 0 Å². The van der Waals surface area contributed by atoms with Gasteiger partial charge in [-0.1, -0.05) is 48.4 Å². The molecular weight excluding hydrogens is 410 g/mol. The minimum absolute atomic E-state index is 0.126. The van der Waals surface area contributed by atoms with Crippen LogP contribution in [0.15, 0.2) is 54.1 Å². The van der Waals surface area contributed by atoms with Gasteiger partial charge < -0.3 is 14.9 Å². The van der Waals surface area contributed by atoms with Crippen molar-refractivity contribution in [3.8, 4) is 5.75 Å². The molecule has 33 heavy (non-hydrogen) atoms. The minimum Gasteiger partial charge on any atom is -0.491 e. The van der Waals surface area contributed by atoms with E-state index in [1.807, 2.05) is 42.5 Å². The van der Waals surface area contributed by atoms with Gasteiger partial charge in [0.25, 0.3) is 0 Å². The number of nitrogens with zero attached hydrogens (tertiary/aromatic N) is 1. The monoisotopic (exact) mass is 455 g/mol. The number of ether oxygens (including phenoxy) is 1. The van der Waals surface area contributed by atoms with E-state index in [4.69, 9.17) is 4.74 Å². The Labute approximate surface area is 201 Å². The summed E-state index contributed by atoms with van der Waals surface area (Å²) in [5.74, 6) is 1.85. The number of aliphatic hydroxyl groups is 2. The molecule has 4 nitrogen and oxygen atoms in total. The highest BCUT2D eigenvalue weighted by atomic mass is 16.5. The molecule has 1 saturated carbocycles. The molecule has 0 aliphatic heterocycles. The van der Waals surface area contributed by atoms with Crippen molar-refractivity contribution < 1.29 is 14.9 Å². The van der Waals surface area contributed by atoms with Crippen LogP contribution in [0.3, 0.4) is 0 Å². The van der Waals surface area contributed by atoms with Crippen molar-refractivity contribution in [2.24, 2.45) is 17.8 Å². The van der Waals surface area contributed by atoms with Crippen LogP contribution in [0.1, 0.15) is 66.2 Å². The highest BCUT2D eigenvalue weighted by Crippen LogP contribution is 2.48. The molecule has 0 spiro atoms. The van der Waals surface area contributed by atoms with Crippen LogP contribution in [0.5, 0.6) is 5.75 Å². The maximum atomic E-state index is 10.6. The summed E-state index contributed by atoms with van der Waals surface area (Å²) in [4.78, 5) is 2.58. The van der Waals surface area contributed by atoms with Gasteiger partial charge in [-0.15, -0.1) is 0 Å². The van der Waals surface area contributed by atoms with Crippen LogP contribution in [0.25, 0.3) is 0 Å². The second-order valence-electron chi connectivity index (χ2n) is 10.5. The molecule has 0 radical (unpaired) electrons. The Kier molecular flexibility index (Phi) is 10.0. The van der Waals surface area contributed by atoms with Crippen molar-refractivity contribution in [2.45, 2.75) is 90.5 Å². The maximum Gasteiger partial charge on any atom is 0.119 e. The Morgan fingerprint density at radius 2 is 1.79 bits per heavy atom. The normalized spacial score (nSPS) is 25.9. The molecule has 0 aromatic heterocycles. The second-order valence-corrected chi connectivity index (χ2v) is 10.5. The molecule has 184 valence electrons. The standard InChI is InChI=1S/C29H45NO3/c1-21(2)30(22(3)4)16-10-6-7-11-23-17-24-19-29(32)27(28(24)18-23)15-14-25(31)20-33-26-12-8-5-9-13-26/h5,8-9,12-15,17,21-22,24-25,27-29,31-32H,6-7,10-11,16,18-20H2,1-4H3/t24-,25+,27+,28-,29+/m0/s1. The van der Waals surface area contributed by atoms with Crippen LogP contribution in [-0.2, 0) is 0 Å². The van der Waals surface area contributed by atoms with Gasteiger partial charge in [-0.2, -0.15) is 0 Å². The fraction of sp³-hybridized carbons (Fsp3) is 0.655. The van der Waals surface area contributed by atoms with Gasteiger partial charge in [0.2, 0.25) is 0 Å². The molecule has 2 aliphatic rings. The summed E-state index contributed by atoms with van der Waals surface area (Å²) < 4.78 is 5.64. The first-order chi connectivity index (χ1) is 15.8. The first-order valence-electron chi connectivity index (χ1n) is 13.0. The third kappa shape index (κ3) is 7.70. The summed E-state index contributed by atoms with van der Waals surface area (Å²) in [6.45, 7) is 10.6. The number of hydrogen-bond donors (Lipinski definition) is 2. The van der Waals surface area contributed by atoms with Gasteiger partial charge in [-0.3, -0.25) is 4.90 Å². The third-order valence-electron chi connectivity index (χ3n) is 7.41. The number of allylic oxidation sites excluding steroid dienone is 2. The van der Waals surface area contributed by atoms with Crippen molar-refractivity contribution in [1.82, 2.24) is 4.90 Å². The fourth-order valence-electron chi connectivity index (χ4n) is 5.74. The van der Waals surface area contributed by atoms with E-state index in [1.54, 1.807) is 5.57 Å². The van der Waals surface area contributed by atoms with E-state index in [1.165, 1.54) is 32.2 Å². The summed E-state index contributed by atoms with van der Waals surface area (Å²) >= 11 is 0. The van der Waals surface area contributed by atoms with Crippen molar-refractivity contribution >= 4 is 0 Å². The third-order valence-corrected chi connectivity index (χ3v) is 7.41. The Morgan fingerprint density at radius 3 is 2.48 bits per heavy atom. The van der Waals surface area contributed by atoms with Crippen molar-refractivity contribution in [3.05, 3.63) is 54.1 Å². The average Bonchev–Trinajstić information content (AvgIpc) is 3.29. The quantitative estimate of drug-likeness (QED) is 0.300. The zero-order valence-corrected chi connectivity index (χ0v) is 21.1.